The summed E-state index contributed by atoms with van der Waals surface area (Å²) in [4.78, 5) is 18.9. The van der Waals surface area contributed by atoms with Gasteiger partial charge in [0.2, 0.25) is 5.91 Å². The molecule has 1 aromatic carbocycles. The molecule has 0 bridgehead atoms. The maximum absolute atomic E-state index is 12.5. The number of aryl methyl sites for hydroxylation is 1. The molecule has 1 saturated heterocycles. The largest absolute Gasteiger partial charge is 0.388 e. The molecule has 2 unspecified atom stereocenters. The molecule has 1 amide bonds. The van der Waals surface area contributed by atoms with E-state index in [-0.39, 0.29) is 11.9 Å². The average Bonchev–Trinajstić information content (AvgIpc) is 3.15. The number of aromatic nitrogens is 1. The van der Waals surface area contributed by atoms with Crippen LogP contribution in [0.25, 0.3) is 0 Å². The van der Waals surface area contributed by atoms with Crippen molar-refractivity contribution in [2.24, 2.45) is 0 Å². The van der Waals surface area contributed by atoms with E-state index in [0.29, 0.717) is 12.8 Å². The Bertz CT molecular complexity index is 670. The topological polar surface area (TPSA) is 53.4 Å². The molecule has 5 heteroatoms. The van der Waals surface area contributed by atoms with Gasteiger partial charge < -0.3 is 10.0 Å². The number of anilines is 1. The summed E-state index contributed by atoms with van der Waals surface area (Å²) in [5, 5.41) is 13.1. The van der Waals surface area contributed by atoms with Crippen molar-refractivity contribution >= 4 is 22.9 Å². The lowest BCUT2D eigenvalue weighted by atomic mass is 9.95. The minimum Gasteiger partial charge on any atom is -0.388 e. The molecular weight excluding hydrogens is 332 g/mol. The number of carbonyl (C=O) groups is 1. The van der Waals surface area contributed by atoms with Crippen LogP contribution in [-0.4, -0.2) is 22.0 Å². The lowest BCUT2D eigenvalue weighted by Crippen LogP contribution is -2.43. The second-order valence-electron chi connectivity index (χ2n) is 6.64. The molecule has 2 atom stereocenters. The van der Waals surface area contributed by atoms with Crippen molar-refractivity contribution in [1.29, 1.82) is 0 Å². The Morgan fingerprint density at radius 3 is 2.84 bits per heavy atom. The van der Waals surface area contributed by atoms with E-state index in [0.717, 1.165) is 43.4 Å². The number of hydrogen-bond acceptors (Lipinski definition) is 4. The zero-order valence-corrected chi connectivity index (χ0v) is 15.5. The molecule has 2 heterocycles. The fraction of sp³-hybridized carbons (Fsp3) is 0.500. The first kappa shape index (κ1) is 18.1. The van der Waals surface area contributed by atoms with Gasteiger partial charge in [0, 0.05) is 29.7 Å². The van der Waals surface area contributed by atoms with E-state index < -0.39 is 6.10 Å². The number of aliphatic hydroxyl groups is 1. The standard InChI is InChI=1S/C20H26N2O2S/c1-2-18(23)15-9-11-17(12-10-15)22-16(6-4-8-20(22)24)5-3-7-19-21-13-14-25-19/h9-14,16,18,23H,2-8H2,1H3. The van der Waals surface area contributed by atoms with Gasteiger partial charge in [-0.25, -0.2) is 4.98 Å². The van der Waals surface area contributed by atoms with E-state index in [9.17, 15) is 9.90 Å². The summed E-state index contributed by atoms with van der Waals surface area (Å²) in [5.41, 5.74) is 1.87. The molecular formula is C20H26N2O2S. The molecule has 1 aromatic heterocycles. The van der Waals surface area contributed by atoms with E-state index in [1.807, 2.05) is 47.7 Å². The van der Waals surface area contributed by atoms with Crippen molar-refractivity contribution in [2.45, 2.75) is 64.0 Å². The van der Waals surface area contributed by atoms with Crippen molar-refractivity contribution in [3.8, 4) is 0 Å². The number of thiazole rings is 1. The molecule has 3 rings (SSSR count). The molecule has 25 heavy (non-hydrogen) atoms. The normalized spacial score (nSPS) is 19.2. The quantitative estimate of drug-likeness (QED) is 0.793. The molecule has 0 saturated carbocycles. The van der Waals surface area contributed by atoms with Gasteiger partial charge in [0.25, 0.3) is 0 Å². The molecule has 1 N–H and O–H groups in total. The van der Waals surface area contributed by atoms with Gasteiger partial charge in [-0.3, -0.25) is 4.79 Å². The lowest BCUT2D eigenvalue weighted by molar-refractivity contribution is -0.120. The molecule has 1 fully saturated rings. The van der Waals surface area contributed by atoms with E-state index in [4.69, 9.17) is 0 Å². The Balaban J connectivity index is 1.67. The Kier molecular flexibility index (Phi) is 6.21. The zero-order chi connectivity index (χ0) is 17.6. The third kappa shape index (κ3) is 4.47. The lowest BCUT2D eigenvalue weighted by Gasteiger charge is -2.36. The molecule has 1 aliphatic heterocycles. The summed E-state index contributed by atoms with van der Waals surface area (Å²) in [6.45, 7) is 1.96. The monoisotopic (exact) mass is 358 g/mol. The number of hydrogen-bond donors (Lipinski definition) is 1. The Morgan fingerprint density at radius 1 is 1.36 bits per heavy atom. The number of amides is 1. The fourth-order valence-corrected chi connectivity index (χ4v) is 4.19. The van der Waals surface area contributed by atoms with Gasteiger partial charge in [0.1, 0.15) is 0 Å². The molecule has 4 nitrogen and oxygen atoms in total. The number of aliphatic hydroxyl groups excluding tert-OH is 1. The number of nitrogens with zero attached hydrogens (tertiary/aromatic N) is 2. The first-order chi connectivity index (χ1) is 12.2. The maximum Gasteiger partial charge on any atom is 0.227 e. The van der Waals surface area contributed by atoms with Gasteiger partial charge in [-0.05, 0) is 56.2 Å². The average molecular weight is 359 g/mol. The summed E-state index contributed by atoms with van der Waals surface area (Å²) in [5.74, 6) is 0.217. The van der Waals surface area contributed by atoms with Crippen molar-refractivity contribution in [3.63, 3.8) is 0 Å². The van der Waals surface area contributed by atoms with Crippen LogP contribution < -0.4 is 4.90 Å². The van der Waals surface area contributed by atoms with Gasteiger partial charge >= 0.3 is 0 Å². The smallest absolute Gasteiger partial charge is 0.227 e. The second-order valence-corrected chi connectivity index (χ2v) is 7.62. The van der Waals surface area contributed by atoms with E-state index in [1.165, 1.54) is 5.01 Å². The van der Waals surface area contributed by atoms with Crippen LogP contribution in [-0.2, 0) is 11.2 Å². The Morgan fingerprint density at radius 2 is 2.16 bits per heavy atom. The van der Waals surface area contributed by atoms with Crippen LogP contribution in [0.2, 0.25) is 0 Å². The van der Waals surface area contributed by atoms with Crippen molar-refractivity contribution < 1.29 is 9.90 Å². The number of piperidine rings is 1. The highest BCUT2D eigenvalue weighted by molar-refractivity contribution is 7.09. The van der Waals surface area contributed by atoms with Gasteiger partial charge in [-0.1, -0.05) is 19.1 Å². The van der Waals surface area contributed by atoms with Crippen LogP contribution in [0.3, 0.4) is 0 Å². The molecule has 0 radical (unpaired) electrons. The van der Waals surface area contributed by atoms with Gasteiger partial charge in [0.05, 0.1) is 11.1 Å². The van der Waals surface area contributed by atoms with Crippen LogP contribution in [0.15, 0.2) is 35.8 Å². The fourth-order valence-electron chi connectivity index (χ4n) is 3.53. The van der Waals surface area contributed by atoms with Crippen LogP contribution in [0.5, 0.6) is 0 Å². The van der Waals surface area contributed by atoms with Crippen LogP contribution in [0.4, 0.5) is 5.69 Å². The predicted molar refractivity (Wildman–Crippen MR) is 102 cm³/mol. The SMILES string of the molecule is CCC(O)c1ccc(N2C(=O)CCCC2CCCc2nccs2)cc1. The van der Waals surface area contributed by atoms with E-state index >= 15 is 0 Å². The summed E-state index contributed by atoms with van der Waals surface area (Å²) in [6.07, 6.45) is 7.82. The first-order valence-electron chi connectivity index (χ1n) is 9.17. The van der Waals surface area contributed by atoms with Crippen molar-refractivity contribution in [2.75, 3.05) is 4.90 Å². The molecule has 0 spiro atoms. The minimum atomic E-state index is -0.430. The summed E-state index contributed by atoms with van der Waals surface area (Å²) in [7, 11) is 0. The third-order valence-electron chi connectivity index (χ3n) is 4.92. The third-order valence-corrected chi connectivity index (χ3v) is 5.76. The number of benzene rings is 1. The number of rotatable bonds is 7. The molecule has 134 valence electrons. The van der Waals surface area contributed by atoms with Crippen molar-refractivity contribution in [3.05, 3.63) is 46.4 Å². The summed E-state index contributed by atoms with van der Waals surface area (Å²) in [6, 6.07) is 8.11. The molecule has 0 aliphatic carbocycles. The van der Waals surface area contributed by atoms with E-state index in [1.54, 1.807) is 11.3 Å². The Hall–Kier alpha value is -1.72. The highest BCUT2D eigenvalue weighted by Gasteiger charge is 2.29. The van der Waals surface area contributed by atoms with E-state index in [2.05, 4.69) is 4.98 Å². The Labute approximate surface area is 153 Å². The zero-order valence-electron chi connectivity index (χ0n) is 14.7. The van der Waals surface area contributed by atoms with Crippen LogP contribution >= 0.6 is 11.3 Å². The highest BCUT2D eigenvalue weighted by Crippen LogP contribution is 2.30. The highest BCUT2D eigenvalue weighted by atomic mass is 32.1. The van der Waals surface area contributed by atoms with Crippen molar-refractivity contribution in [1.82, 2.24) is 4.98 Å². The summed E-state index contributed by atoms with van der Waals surface area (Å²) >= 11 is 1.70. The maximum atomic E-state index is 12.5. The van der Waals surface area contributed by atoms with Crippen LogP contribution in [0, 0.1) is 0 Å². The molecule has 1 aliphatic rings. The number of carbonyl (C=O) groups excluding carboxylic acids is 1. The second kappa shape index (κ2) is 8.59. The van der Waals surface area contributed by atoms with Crippen LogP contribution in [0.1, 0.15) is 62.1 Å². The predicted octanol–water partition coefficient (Wildman–Crippen LogP) is 4.49. The molecule has 2 aromatic rings. The first-order valence-corrected chi connectivity index (χ1v) is 10.1. The van der Waals surface area contributed by atoms with Gasteiger partial charge in [0.15, 0.2) is 0 Å². The van der Waals surface area contributed by atoms with Gasteiger partial charge in [-0.2, -0.15) is 0 Å². The minimum absolute atomic E-state index is 0.217. The summed E-state index contributed by atoms with van der Waals surface area (Å²) < 4.78 is 0. The van der Waals surface area contributed by atoms with Gasteiger partial charge in [-0.15, -0.1) is 11.3 Å².